The number of nitro groups is 1. The van der Waals surface area contributed by atoms with Crippen molar-refractivity contribution in [2.45, 2.75) is 25.3 Å². The lowest BCUT2D eigenvalue weighted by molar-refractivity contribution is -0.380. The molecule has 1 fully saturated rings. The Kier molecular flexibility index (Phi) is 5.19. The summed E-state index contributed by atoms with van der Waals surface area (Å²) in [6, 6.07) is 10.3. The van der Waals surface area contributed by atoms with Gasteiger partial charge < -0.3 is 10.1 Å². The summed E-state index contributed by atoms with van der Waals surface area (Å²) in [6.45, 7) is 1.63. The van der Waals surface area contributed by atoms with Gasteiger partial charge in [-0.3, -0.25) is 10.1 Å². The van der Waals surface area contributed by atoms with Crippen molar-refractivity contribution >= 4 is 21.5 Å². The molecule has 2 heterocycles. The van der Waals surface area contributed by atoms with Gasteiger partial charge in [0.2, 0.25) is 0 Å². The molecule has 0 spiro atoms. The topological polar surface area (TPSA) is 77.3 Å². The molecule has 7 heteroatoms. The van der Waals surface area contributed by atoms with Crippen molar-refractivity contribution in [2.75, 3.05) is 18.5 Å². The van der Waals surface area contributed by atoms with Gasteiger partial charge in [-0.25, -0.2) is 4.98 Å². The highest BCUT2D eigenvalue weighted by molar-refractivity contribution is 7.18. The first-order valence-electron chi connectivity index (χ1n) is 7.72. The van der Waals surface area contributed by atoms with Crippen LogP contribution < -0.4 is 5.32 Å². The van der Waals surface area contributed by atoms with Crippen LogP contribution in [0.25, 0.3) is 0 Å². The van der Waals surface area contributed by atoms with Gasteiger partial charge in [-0.1, -0.05) is 30.3 Å². The average molecular weight is 333 g/mol. The Morgan fingerprint density at radius 3 is 2.74 bits per heavy atom. The molecule has 1 atom stereocenters. The van der Waals surface area contributed by atoms with E-state index in [1.807, 2.05) is 18.2 Å². The second kappa shape index (κ2) is 7.52. The highest BCUT2D eigenvalue weighted by Crippen LogP contribution is 2.33. The number of benzene rings is 1. The first-order chi connectivity index (χ1) is 11.2. The fourth-order valence-electron chi connectivity index (χ4n) is 2.84. The Labute approximate surface area is 138 Å². The van der Waals surface area contributed by atoms with Crippen LogP contribution in [0.4, 0.5) is 10.1 Å². The Morgan fingerprint density at radius 2 is 2.09 bits per heavy atom. The van der Waals surface area contributed by atoms with Crippen LogP contribution in [0, 0.1) is 16.0 Å². The van der Waals surface area contributed by atoms with Crippen LogP contribution in [0.15, 0.2) is 36.5 Å². The third-order valence-electron chi connectivity index (χ3n) is 4.08. The molecule has 3 rings (SSSR count). The van der Waals surface area contributed by atoms with Crippen molar-refractivity contribution in [3.05, 3.63) is 52.2 Å². The summed E-state index contributed by atoms with van der Waals surface area (Å²) in [7, 11) is 0. The standard InChI is InChI=1S/C16H19N3O3S/c20-19(21)15-11-17-16(23-15)18-14(13-4-2-1-3-5-13)10-12-6-8-22-9-7-12/h1-5,11-12,14H,6-10H2,(H,17,18)/t14-/m0/s1. The number of thiazole rings is 1. The predicted octanol–water partition coefficient (Wildman–Crippen LogP) is 4.02. The van der Waals surface area contributed by atoms with Gasteiger partial charge in [-0.2, -0.15) is 0 Å². The van der Waals surface area contributed by atoms with E-state index in [2.05, 4.69) is 22.4 Å². The number of ether oxygens (including phenoxy) is 1. The summed E-state index contributed by atoms with van der Waals surface area (Å²) in [5, 5.41) is 14.9. The van der Waals surface area contributed by atoms with E-state index >= 15 is 0 Å². The Morgan fingerprint density at radius 1 is 1.35 bits per heavy atom. The summed E-state index contributed by atoms with van der Waals surface area (Å²) < 4.78 is 5.43. The second-order valence-electron chi connectivity index (χ2n) is 5.66. The molecule has 1 saturated heterocycles. The molecule has 0 unspecified atom stereocenters. The molecular formula is C16H19N3O3S. The quantitative estimate of drug-likeness (QED) is 0.638. The third kappa shape index (κ3) is 4.27. The molecule has 0 amide bonds. The van der Waals surface area contributed by atoms with Crippen LogP contribution in [0.5, 0.6) is 0 Å². The molecule has 1 aromatic carbocycles. The zero-order valence-electron chi connectivity index (χ0n) is 12.7. The molecule has 0 aliphatic carbocycles. The molecule has 1 aromatic heterocycles. The van der Waals surface area contributed by atoms with E-state index in [9.17, 15) is 10.1 Å². The van der Waals surface area contributed by atoms with E-state index in [0.717, 1.165) is 43.8 Å². The predicted molar refractivity (Wildman–Crippen MR) is 89.7 cm³/mol. The van der Waals surface area contributed by atoms with E-state index in [0.29, 0.717) is 11.0 Å². The van der Waals surface area contributed by atoms with Gasteiger partial charge in [0.05, 0.1) is 11.0 Å². The van der Waals surface area contributed by atoms with Gasteiger partial charge in [-0.05, 0) is 42.1 Å². The summed E-state index contributed by atoms with van der Waals surface area (Å²) in [5.74, 6) is 0.594. The van der Waals surface area contributed by atoms with Crippen molar-refractivity contribution < 1.29 is 9.66 Å². The number of hydrogen-bond donors (Lipinski definition) is 1. The largest absolute Gasteiger partial charge is 0.381 e. The van der Waals surface area contributed by atoms with Crippen LogP contribution in [0.2, 0.25) is 0 Å². The first kappa shape index (κ1) is 15.9. The molecule has 0 bridgehead atoms. The number of anilines is 1. The van der Waals surface area contributed by atoms with Gasteiger partial charge in [0.1, 0.15) is 6.20 Å². The minimum Gasteiger partial charge on any atom is -0.381 e. The van der Waals surface area contributed by atoms with E-state index < -0.39 is 4.92 Å². The average Bonchev–Trinajstić information content (AvgIpc) is 3.05. The van der Waals surface area contributed by atoms with Crippen molar-refractivity contribution in [3.8, 4) is 0 Å². The summed E-state index contributed by atoms with van der Waals surface area (Å²) in [5.41, 5.74) is 1.18. The number of nitrogens with zero attached hydrogens (tertiary/aromatic N) is 2. The lowest BCUT2D eigenvalue weighted by Crippen LogP contribution is -2.21. The number of rotatable bonds is 6. The first-order valence-corrected chi connectivity index (χ1v) is 8.53. The highest BCUT2D eigenvalue weighted by atomic mass is 32.1. The van der Waals surface area contributed by atoms with E-state index in [4.69, 9.17) is 4.74 Å². The smallest absolute Gasteiger partial charge is 0.345 e. The lowest BCUT2D eigenvalue weighted by atomic mass is 9.89. The van der Waals surface area contributed by atoms with Gasteiger partial charge in [0, 0.05) is 13.2 Å². The van der Waals surface area contributed by atoms with Crippen LogP contribution in [-0.4, -0.2) is 23.1 Å². The van der Waals surface area contributed by atoms with E-state index in [-0.39, 0.29) is 11.0 Å². The Hall–Kier alpha value is -1.99. The minimum atomic E-state index is -0.404. The zero-order chi connectivity index (χ0) is 16.1. The van der Waals surface area contributed by atoms with Gasteiger partial charge in [-0.15, -0.1) is 0 Å². The lowest BCUT2D eigenvalue weighted by Gasteiger charge is -2.27. The Bertz CT molecular complexity index is 641. The fraction of sp³-hybridized carbons (Fsp3) is 0.438. The maximum absolute atomic E-state index is 10.8. The number of hydrogen-bond acceptors (Lipinski definition) is 6. The van der Waals surface area contributed by atoms with Crippen molar-refractivity contribution in [3.63, 3.8) is 0 Å². The fourth-order valence-corrected chi connectivity index (χ4v) is 3.53. The second-order valence-corrected chi connectivity index (χ2v) is 6.67. The molecule has 1 aliphatic heterocycles. The molecular weight excluding hydrogens is 314 g/mol. The molecule has 23 heavy (non-hydrogen) atoms. The SMILES string of the molecule is O=[N+]([O-])c1cnc(N[C@@H](CC2CCOCC2)c2ccccc2)s1. The summed E-state index contributed by atoms with van der Waals surface area (Å²) in [4.78, 5) is 14.6. The van der Waals surface area contributed by atoms with E-state index in [1.165, 1.54) is 11.8 Å². The van der Waals surface area contributed by atoms with Crippen molar-refractivity contribution in [1.82, 2.24) is 4.98 Å². The van der Waals surface area contributed by atoms with Gasteiger partial charge >= 0.3 is 5.00 Å². The monoisotopic (exact) mass is 333 g/mol. The molecule has 0 radical (unpaired) electrons. The Balaban J connectivity index is 1.75. The van der Waals surface area contributed by atoms with E-state index in [1.54, 1.807) is 0 Å². The van der Waals surface area contributed by atoms with Crippen LogP contribution in [0.1, 0.15) is 30.9 Å². The number of aromatic nitrogens is 1. The molecule has 1 aliphatic rings. The van der Waals surface area contributed by atoms with Crippen LogP contribution in [0.3, 0.4) is 0 Å². The molecule has 6 nitrogen and oxygen atoms in total. The van der Waals surface area contributed by atoms with Crippen LogP contribution in [-0.2, 0) is 4.74 Å². The summed E-state index contributed by atoms with van der Waals surface area (Å²) in [6.07, 6.45) is 4.40. The van der Waals surface area contributed by atoms with Crippen LogP contribution >= 0.6 is 11.3 Å². The molecule has 122 valence electrons. The molecule has 2 aromatic rings. The molecule has 1 N–H and O–H groups in total. The minimum absolute atomic E-state index is 0.0605. The van der Waals surface area contributed by atoms with Crippen molar-refractivity contribution in [2.24, 2.45) is 5.92 Å². The summed E-state index contributed by atoms with van der Waals surface area (Å²) >= 11 is 1.08. The van der Waals surface area contributed by atoms with Crippen molar-refractivity contribution in [1.29, 1.82) is 0 Å². The maximum atomic E-state index is 10.8. The normalized spacial score (nSPS) is 16.9. The molecule has 0 saturated carbocycles. The zero-order valence-corrected chi connectivity index (χ0v) is 13.5. The maximum Gasteiger partial charge on any atom is 0.345 e. The third-order valence-corrected chi connectivity index (χ3v) is 4.96. The highest BCUT2D eigenvalue weighted by Gasteiger charge is 2.22. The van der Waals surface area contributed by atoms with Gasteiger partial charge in [0.25, 0.3) is 0 Å². The van der Waals surface area contributed by atoms with Gasteiger partial charge in [0.15, 0.2) is 5.13 Å². The number of nitrogens with one attached hydrogen (secondary N) is 1.